The van der Waals surface area contributed by atoms with Gasteiger partial charge in [-0.2, -0.15) is 0 Å². The minimum atomic E-state index is -0.845. The molecule has 136 valence electrons. The van der Waals surface area contributed by atoms with Gasteiger partial charge in [0.25, 0.3) is 5.91 Å². The second-order valence-corrected chi connectivity index (χ2v) is 5.99. The summed E-state index contributed by atoms with van der Waals surface area (Å²) in [4.78, 5) is 26.8. The van der Waals surface area contributed by atoms with Crippen LogP contribution >= 0.6 is 0 Å². The number of rotatable bonds is 6. The molecule has 0 saturated heterocycles. The maximum absolute atomic E-state index is 12.9. The number of aliphatic hydroxyl groups is 1. The molecule has 0 aliphatic carbocycles. The van der Waals surface area contributed by atoms with Gasteiger partial charge in [0, 0.05) is 13.7 Å². The maximum atomic E-state index is 12.9. The number of nitrogens with zero attached hydrogens (tertiary/aromatic N) is 1. The van der Waals surface area contributed by atoms with Gasteiger partial charge in [0.05, 0.1) is 18.2 Å². The first-order valence-corrected chi connectivity index (χ1v) is 8.07. The molecule has 26 heavy (non-hydrogen) atoms. The Morgan fingerprint density at radius 2 is 2.04 bits per heavy atom. The first kappa shape index (κ1) is 17.8. The number of amides is 1. The van der Waals surface area contributed by atoms with Gasteiger partial charge in [-0.3, -0.25) is 9.59 Å². The van der Waals surface area contributed by atoms with Crippen LogP contribution in [0.1, 0.15) is 27.9 Å². The number of phenolic OH excluding ortho intramolecular Hbond substituents is 1. The van der Waals surface area contributed by atoms with Crippen LogP contribution in [0.2, 0.25) is 0 Å². The van der Waals surface area contributed by atoms with E-state index in [4.69, 9.17) is 9.15 Å². The number of hydrogen-bond donors (Lipinski definition) is 2. The van der Waals surface area contributed by atoms with Crippen molar-refractivity contribution >= 4 is 11.7 Å². The van der Waals surface area contributed by atoms with Crippen molar-refractivity contribution in [2.45, 2.75) is 13.0 Å². The zero-order valence-corrected chi connectivity index (χ0v) is 14.4. The summed E-state index contributed by atoms with van der Waals surface area (Å²) in [5.74, 6) is -1.28. The number of aryl methyl sites for hydroxylation is 1. The average molecular weight is 357 g/mol. The van der Waals surface area contributed by atoms with Gasteiger partial charge < -0.3 is 24.3 Å². The Kier molecular flexibility index (Phi) is 4.81. The van der Waals surface area contributed by atoms with E-state index < -0.39 is 23.5 Å². The molecular weight excluding hydrogens is 338 g/mol. The Hall–Kier alpha value is -3.06. The van der Waals surface area contributed by atoms with Gasteiger partial charge in [-0.1, -0.05) is 12.1 Å². The van der Waals surface area contributed by atoms with Gasteiger partial charge >= 0.3 is 0 Å². The number of ketones is 1. The van der Waals surface area contributed by atoms with Crippen LogP contribution in [0.4, 0.5) is 0 Å². The standard InChI is InChI=1S/C19H19NO6/c1-11-6-7-14(26-11)17(22)15-16(12-4-3-5-13(21)10-12)20(8-9-25-2)19(24)18(15)23/h3-7,10,16,21,23H,8-9H2,1-2H3. The van der Waals surface area contributed by atoms with E-state index in [1.54, 1.807) is 25.1 Å². The fourth-order valence-corrected chi connectivity index (χ4v) is 3.04. The normalized spacial score (nSPS) is 17.2. The minimum Gasteiger partial charge on any atom is -0.508 e. The zero-order chi connectivity index (χ0) is 18.8. The van der Waals surface area contributed by atoms with Gasteiger partial charge in [0.1, 0.15) is 11.5 Å². The first-order valence-electron chi connectivity index (χ1n) is 8.07. The summed E-state index contributed by atoms with van der Waals surface area (Å²) in [5.41, 5.74) is 0.427. The third kappa shape index (κ3) is 3.09. The molecule has 0 bridgehead atoms. The quantitative estimate of drug-likeness (QED) is 0.771. The van der Waals surface area contributed by atoms with E-state index in [0.717, 1.165) is 0 Å². The lowest BCUT2D eigenvalue weighted by Crippen LogP contribution is -2.33. The molecule has 1 aliphatic heterocycles. The largest absolute Gasteiger partial charge is 0.508 e. The Balaban J connectivity index is 2.08. The van der Waals surface area contributed by atoms with Gasteiger partial charge in [-0.25, -0.2) is 0 Å². The predicted octanol–water partition coefficient (Wildman–Crippen LogP) is 2.52. The third-order valence-electron chi connectivity index (χ3n) is 4.23. The fourth-order valence-electron chi connectivity index (χ4n) is 3.04. The SMILES string of the molecule is COCCN1C(=O)C(O)=C(C(=O)c2ccc(C)o2)C1c1cccc(O)c1. The van der Waals surface area contributed by atoms with E-state index in [0.29, 0.717) is 11.3 Å². The summed E-state index contributed by atoms with van der Waals surface area (Å²) in [6.45, 7) is 2.10. The number of Topliss-reactive ketones (excluding diaryl/α,β-unsaturated/α-hetero) is 1. The number of phenols is 1. The van der Waals surface area contributed by atoms with E-state index in [1.807, 2.05) is 0 Å². The Morgan fingerprint density at radius 1 is 1.27 bits per heavy atom. The molecule has 2 heterocycles. The van der Waals surface area contributed by atoms with Crippen LogP contribution in [0.15, 0.2) is 52.1 Å². The third-order valence-corrected chi connectivity index (χ3v) is 4.23. The minimum absolute atomic E-state index is 0.00586. The number of aliphatic hydroxyl groups excluding tert-OH is 1. The summed E-state index contributed by atoms with van der Waals surface area (Å²) in [5, 5.41) is 20.2. The molecule has 1 aromatic heterocycles. The number of ether oxygens (including phenoxy) is 1. The molecule has 1 aromatic carbocycles. The molecule has 3 rings (SSSR count). The maximum Gasteiger partial charge on any atom is 0.290 e. The highest BCUT2D eigenvalue weighted by Gasteiger charge is 2.44. The van der Waals surface area contributed by atoms with Gasteiger partial charge in [0.15, 0.2) is 11.5 Å². The summed E-state index contributed by atoms with van der Waals surface area (Å²) in [7, 11) is 1.49. The topological polar surface area (TPSA) is 100 Å². The van der Waals surface area contributed by atoms with Crippen LogP contribution in [0.5, 0.6) is 5.75 Å². The molecule has 1 unspecified atom stereocenters. The highest BCUT2D eigenvalue weighted by Crippen LogP contribution is 2.39. The molecule has 7 nitrogen and oxygen atoms in total. The number of carbonyl (C=O) groups excluding carboxylic acids is 2. The highest BCUT2D eigenvalue weighted by atomic mass is 16.5. The number of carbonyl (C=O) groups is 2. The van der Waals surface area contributed by atoms with Crippen molar-refractivity contribution in [1.29, 1.82) is 0 Å². The molecule has 2 N–H and O–H groups in total. The lowest BCUT2D eigenvalue weighted by molar-refractivity contribution is -0.130. The molecule has 0 radical (unpaired) electrons. The van der Waals surface area contributed by atoms with Crippen LogP contribution in [-0.4, -0.2) is 47.1 Å². The Bertz CT molecular complexity index is 882. The second-order valence-electron chi connectivity index (χ2n) is 5.99. The number of furan rings is 1. The summed E-state index contributed by atoms with van der Waals surface area (Å²) >= 11 is 0. The molecular formula is C19H19NO6. The van der Waals surface area contributed by atoms with Crippen molar-refractivity contribution in [2.75, 3.05) is 20.3 Å². The van der Waals surface area contributed by atoms with Crippen molar-refractivity contribution in [2.24, 2.45) is 0 Å². The number of hydrogen-bond acceptors (Lipinski definition) is 6. The molecule has 2 aromatic rings. The lowest BCUT2D eigenvalue weighted by Gasteiger charge is -2.26. The summed E-state index contributed by atoms with van der Waals surface area (Å²) in [6.07, 6.45) is 0. The molecule has 0 saturated carbocycles. The zero-order valence-electron chi connectivity index (χ0n) is 14.4. The van der Waals surface area contributed by atoms with Crippen molar-refractivity contribution in [3.8, 4) is 5.75 Å². The van der Waals surface area contributed by atoms with E-state index in [-0.39, 0.29) is 30.2 Å². The number of methoxy groups -OCH3 is 1. The van der Waals surface area contributed by atoms with Crippen LogP contribution in [0.25, 0.3) is 0 Å². The molecule has 1 aliphatic rings. The van der Waals surface area contributed by atoms with Crippen molar-refractivity contribution in [1.82, 2.24) is 4.90 Å². The highest BCUT2D eigenvalue weighted by molar-refractivity contribution is 6.15. The molecule has 0 spiro atoms. The van der Waals surface area contributed by atoms with E-state index in [1.165, 1.54) is 30.2 Å². The van der Waals surface area contributed by atoms with E-state index in [2.05, 4.69) is 0 Å². The number of benzene rings is 1. The van der Waals surface area contributed by atoms with E-state index >= 15 is 0 Å². The number of aromatic hydroxyl groups is 1. The van der Waals surface area contributed by atoms with Crippen molar-refractivity contribution < 1.29 is 29.0 Å². The van der Waals surface area contributed by atoms with Crippen molar-refractivity contribution in [3.63, 3.8) is 0 Å². The monoisotopic (exact) mass is 357 g/mol. The van der Waals surface area contributed by atoms with Crippen LogP contribution in [0.3, 0.4) is 0 Å². The van der Waals surface area contributed by atoms with Crippen LogP contribution in [-0.2, 0) is 9.53 Å². The van der Waals surface area contributed by atoms with Crippen LogP contribution in [0, 0.1) is 6.92 Å². The van der Waals surface area contributed by atoms with Gasteiger partial charge in [0.2, 0.25) is 5.78 Å². The molecule has 1 atom stereocenters. The summed E-state index contributed by atoms with van der Waals surface area (Å²) < 4.78 is 10.4. The second kappa shape index (κ2) is 7.05. The first-order chi connectivity index (χ1) is 12.4. The smallest absolute Gasteiger partial charge is 0.290 e. The average Bonchev–Trinajstić information content (AvgIpc) is 3.15. The van der Waals surface area contributed by atoms with Gasteiger partial charge in [-0.05, 0) is 36.8 Å². The Morgan fingerprint density at radius 3 is 2.65 bits per heavy atom. The Labute approximate surface area is 150 Å². The van der Waals surface area contributed by atoms with E-state index in [9.17, 15) is 19.8 Å². The lowest BCUT2D eigenvalue weighted by atomic mass is 9.95. The fraction of sp³-hybridized carbons (Fsp3) is 0.263. The molecule has 0 fully saturated rings. The molecule has 7 heteroatoms. The van der Waals surface area contributed by atoms with Crippen molar-refractivity contribution in [3.05, 3.63) is 64.8 Å². The van der Waals surface area contributed by atoms with Gasteiger partial charge in [-0.15, -0.1) is 0 Å². The summed E-state index contributed by atoms with van der Waals surface area (Å²) in [6, 6.07) is 8.52. The molecule has 1 amide bonds. The predicted molar refractivity (Wildman–Crippen MR) is 91.9 cm³/mol. The van der Waals surface area contributed by atoms with Crippen LogP contribution < -0.4 is 0 Å².